The summed E-state index contributed by atoms with van der Waals surface area (Å²) in [6.07, 6.45) is 1.56. The van der Waals surface area contributed by atoms with Crippen molar-refractivity contribution in [2.75, 3.05) is 18.4 Å². The molecule has 150 valence electrons. The summed E-state index contributed by atoms with van der Waals surface area (Å²) < 4.78 is 32.1. The van der Waals surface area contributed by atoms with Crippen molar-refractivity contribution >= 4 is 27.5 Å². The number of rotatable bonds is 5. The highest BCUT2D eigenvalue weighted by atomic mass is 32.2. The average molecular weight is 407 g/mol. The largest absolute Gasteiger partial charge is 0.433 e. The van der Waals surface area contributed by atoms with E-state index in [0.717, 1.165) is 18.9 Å². The average Bonchev–Trinajstić information content (AvgIpc) is 3.12. The lowest BCUT2D eigenvalue weighted by atomic mass is 9.83. The highest BCUT2D eigenvalue weighted by Crippen LogP contribution is 2.32. The fourth-order valence-corrected chi connectivity index (χ4v) is 4.44. The first-order chi connectivity index (χ1) is 13.1. The number of hydrogen-bond acceptors (Lipinski definition) is 6. The lowest BCUT2D eigenvalue weighted by Gasteiger charge is -2.36. The molecule has 0 unspecified atom stereocenters. The van der Waals surface area contributed by atoms with E-state index in [0.29, 0.717) is 13.1 Å². The first kappa shape index (κ1) is 20.0. The minimum absolute atomic E-state index is 0.0791. The van der Waals surface area contributed by atoms with Gasteiger partial charge in [-0.1, -0.05) is 19.9 Å². The number of carbonyl (C=O) groups excluding carboxylic acids is 1. The van der Waals surface area contributed by atoms with Crippen LogP contribution >= 0.6 is 0 Å². The molecule has 1 aromatic carbocycles. The highest BCUT2D eigenvalue weighted by molar-refractivity contribution is 7.89. The summed E-state index contributed by atoms with van der Waals surface area (Å²) >= 11 is 0. The molecule has 0 spiro atoms. The quantitative estimate of drug-likeness (QED) is 0.599. The monoisotopic (exact) mass is 407 g/mol. The second kappa shape index (κ2) is 7.36. The third-order valence-electron chi connectivity index (χ3n) is 4.80. The van der Waals surface area contributed by atoms with E-state index in [9.17, 15) is 23.3 Å². The van der Waals surface area contributed by atoms with Gasteiger partial charge in [0, 0.05) is 18.8 Å². The molecular weight excluding hydrogens is 386 g/mol. The molecule has 1 aromatic heterocycles. The molecule has 0 bridgehead atoms. The minimum Gasteiger partial charge on any atom is -0.395 e. The molecule has 1 aliphatic rings. The number of benzene rings is 1. The first-order valence-corrected chi connectivity index (χ1v) is 10.2. The van der Waals surface area contributed by atoms with Crippen LogP contribution in [0.5, 0.6) is 0 Å². The van der Waals surface area contributed by atoms with Gasteiger partial charge in [0.1, 0.15) is 4.92 Å². The molecule has 1 amide bonds. The van der Waals surface area contributed by atoms with Crippen molar-refractivity contribution in [1.82, 2.24) is 4.31 Å². The lowest BCUT2D eigenvalue weighted by molar-refractivity contribution is -0.402. The number of sulfonamides is 1. The summed E-state index contributed by atoms with van der Waals surface area (Å²) in [6, 6.07) is 8.17. The summed E-state index contributed by atoms with van der Waals surface area (Å²) in [5.41, 5.74) is 0.371. The number of nitrogens with one attached hydrogen (secondary N) is 1. The molecule has 3 rings (SSSR count). The molecule has 2 aromatic rings. The SMILES string of the molecule is CC1(C)CCN(S(=O)(=O)c2cccc(NC(=O)c3ccc([N+](=O)[O-])o3)c2)CC1. The normalized spacial score (nSPS) is 17.2. The van der Waals surface area contributed by atoms with Crippen LogP contribution in [0.1, 0.15) is 37.2 Å². The van der Waals surface area contributed by atoms with Gasteiger partial charge < -0.3 is 9.73 Å². The Morgan fingerprint density at radius 3 is 2.50 bits per heavy atom. The Hall–Kier alpha value is -2.72. The molecule has 1 fully saturated rings. The lowest BCUT2D eigenvalue weighted by Crippen LogP contribution is -2.41. The Kier molecular flexibility index (Phi) is 5.26. The third-order valence-corrected chi connectivity index (χ3v) is 6.70. The molecule has 0 saturated carbocycles. The van der Waals surface area contributed by atoms with Crippen LogP contribution in [-0.2, 0) is 10.0 Å². The van der Waals surface area contributed by atoms with Crippen molar-refractivity contribution in [2.24, 2.45) is 5.41 Å². The zero-order valence-corrected chi connectivity index (χ0v) is 16.4. The molecule has 0 aliphatic carbocycles. The topological polar surface area (TPSA) is 123 Å². The number of furan rings is 1. The number of amides is 1. The summed E-state index contributed by atoms with van der Waals surface area (Å²) in [7, 11) is -3.67. The van der Waals surface area contributed by atoms with Crippen LogP contribution < -0.4 is 5.32 Å². The molecule has 2 heterocycles. The fourth-order valence-electron chi connectivity index (χ4n) is 2.96. The fraction of sp³-hybridized carbons (Fsp3) is 0.389. The second-order valence-corrected chi connectivity index (χ2v) is 9.38. The molecular formula is C18H21N3O6S. The Morgan fingerprint density at radius 1 is 1.21 bits per heavy atom. The maximum Gasteiger partial charge on any atom is 0.433 e. The van der Waals surface area contributed by atoms with E-state index in [1.165, 1.54) is 34.6 Å². The predicted molar refractivity (Wildman–Crippen MR) is 102 cm³/mol. The molecule has 1 saturated heterocycles. The Balaban J connectivity index is 1.76. The van der Waals surface area contributed by atoms with Gasteiger partial charge in [-0.3, -0.25) is 14.9 Å². The number of carbonyl (C=O) groups is 1. The van der Waals surface area contributed by atoms with Crippen molar-refractivity contribution < 1.29 is 22.6 Å². The van der Waals surface area contributed by atoms with Crippen LogP contribution in [0.3, 0.4) is 0 Å². The van der Waals surface area contributed by atoms with Gasteiger partial charge in [0.15, 0.2) is 5.76 Å². The van der Waals surface area contributed by atoms with Gasteiger partial charge in [-0.2, -0.15) is 4.31 Å². The zero-order valence-electron chi connectivity index (χ0n) is 15.5. The second-order valence-electron chi connectivity index (χ2n) is 7.45. The maximum absolute atomic E-state index is 12.9. The van der Waals surface area contributed by atoms with Gasteiger partial charge in [-0.15, -0.1) is 0 Å². The van der Waals surface area contributed by atoms with Crippen LogP contribution in [0.2, 0.25) is 0 Å². The van der Waals surface area contributed by atoms with E-state index in [2.05, 4.69) is 19.2 Å². The number of piperidine rings is 1. The van der Waals surface area contributed by atoms with Crippen LogP contribution in [0, 0.1) is 15.5 Å². The molecule has 0 radical (unpaired) electrons. The number of anilines is 1. The third kappa shape index (κ3) is 4.23. The van der Waals surface area contributed by atoms with E-state index in [4.69, 9.17) is 4.42 Å². The van der Waals surface area contributed by atoms with Crippen molar-refractivity contribution in [3.05, 3.63) is 52.3 Å². The Bertz CT molecular complexity index is 1000. The summed E-state index contributed by atoms with van der Waals surface area (Å²) in [5, 5.41) is 13.2. The summed E-state index contributed by atoms with van der Waals surface area (Å²) in [6.45, 7) is 5.13. The van der Waals surface area contributed by atoms with Gasteiger partial charge in [0.25, 0.3) is 5.91 Å². The van der Waals surface area contributed by atoms with Crippen LogP contribution in [0.15, 0.2) is 45.7 Å². The first-order valence-electron chi connectivity index (χ1n) is 8.74. The molecule has 1 N–H and O–H groups in total. The molecule has 10 heteroatoms. The molecule has 0 atom stereocenters. The number of nitro groups is 1. The van der Waals surface area contributed by atoms with Crippen molar-refractivity contribution in [2.45, 2.75) is 31.6 Å². The van der Waals surface area contributed by atoms with Gasteiger partial charge in [0.2, 0.25) is 10.0 Å². The minimum atomic E-state index is -3.67. The van der Waals surface area contributed by atoms with Crippen LogP contribution in [0.25, 0.3) is 0 Å². The Morgan fingerprint density at radius 2 is 1.89 bits per heavy atom. The maximum atomic E-state index is 12.9. The predicted octanol–water partition coefficient (Wildman–Crippen LogP) is 3.25. The molecule has 9 nitrogen and oxygen atoms in total. The zero-order chi connectivity index (χ0) is 20.5. The van der Waals surface area contributed by atoms with Crippen molar-refractivity contribution in [3.63, 3.8) is 0 Å². The standard InChI is InChI=1S/C18H21N3O6S/c1-18(2)8-10-20(11-9-18)28(25,26)14-5-3-4-13(12-14)19-17(22)15-6-7-16(27-15)21(23)24/h3-7,12H,8-11H2,1-2H3,(H,19,22). The highest BCUT2D eigenvalue weighted by Gasteiger charge is 2.32. The Labute approximate surface area is 162 Å². The molecule has 28 heavy (non-hydrogen) atoms. The van der Waals surface area contributed by atoms with Crippen LogP contribution in [0.4, 0.5) is 11.6 Å². The van der Waals surface area contributed by atoms with Gasteiger partial charge in [0.05, 0.1) is 11.0 Å². The van der Waals surface area contributed by atoms with Gasteiger partial charge in [-0.05, 0) is 42.5 Å². The van der Waals surface area contributed by atoms with Gasteiger partial charge in [-0.25, -0.2) is 8.42 Å². The van der Waals surface area contributed by atoms with E-state index < -0.39 is 26.7 Å². The van der Waals surface area contributed by atoms with Gasteiger partial charge >= 0.3 is 5.88 Å². The number of hydrogen-bond donors (Lipinski definition) is 1. The van der Waals surface area contributed by atoms with E-state index in [-0.39, 0.29) is 21.8 Å². The van der Waals surface area contributed by atoms with E-state index in [1.807, 2.05) is 0 Å². The molecule has 1 aliphatic heterocycles. The van der Waals surface area contributed by atoms with Crippen LogP contribution in [-0.4, -0.2) is 36.6 Å². The summed E-state index contributed by atoms with van der Waals surface area (Å²) in [4.78, 5) is 22.2. The van der Waals surface area contributed by atoms with Crippen molar-refractivity contribution in [3.8, 4) is 0 Å². The van der Waals surface area contributed by atoms with E-state index >= 15 is 0 Å². The van der Waals surface area contributed by atoms with E-state index in [1.54, 1.807) is 0 Å². The summed E-state index contributed by atoms with van der Waals surface area (Å²) in [5.74, 6) is -1.49. The number of nitrogens with zero attached hydrogens (tertiary/aromatic N) is 2. The smallest absolute Gasteiger partial charge is 0.395 e. The van der Waals surface area contributed by atoms with Crippen molar-refractivity contribution in [1.29, 1.82) is 0 Å².